The molecule has 6 nitrogen and oxygen atoms in total. The quantitative estimate of drug-likeness (QED) is 0.879. The van der Waals surface area contributed by atoms with Crippen LogP contribution in [0.4, 0.5) is 10.5 Å². The summed E-state index contributed by atoms with van der Waals surface area (Å²) in [6.45, 7) is 7.36. The van der Waals surface area contributed by atoms with Gasteiger partial charge in [-0.1, -0.05) is 18.2 Å². The molecule has 0 radical (unpaired) electrons. The second kappa shape index (κ2) is 8.86. The van der Waals surface area contributed by atoms with Crippen molar-refractivity contribution in [2.45, 2.75) is 25.9 Å². The van der Waals surface area contributed by atoms with Crippen LogP contribution in [0.15, 0.2) is 48.7 Å². The summed E-state index contributed by atoms with van der Waals surface area (Å²) in [5.74, 6) is 0. The first-order valence-electron chi connectivity index (χ1n) is 9.43. The van der Waals surface area contributed by atoms with E-state index in [2.05, 4.69) is 39.5 Å². The average Bonchev–Trinajstić information content (AvgIpc) is 2.74. The molecule has 0 bridgehead atoms. The molecule has 1 aliphatic heterocycles. The minimum atomic E-state index is -0.113. The SMILES string of the molecule is CC(NC(=O)N(C)C(C)c1ccccn1)c1ccc(N2CCOCC2)cc1. The van der Waals surface area contributed by atoms with E-state index in [4.69, 9.17) is 4.74 Å². The predicted molar refractivity (Wildman–Crippen MR) is 107 cm³/mol. The molecule has 3 rings (SSSR count). The first-order chi connectivity index (χ1) is 13.1. The number of pyridine rings is 1. The zero-order chi connectivity index (χ0) is 19.2. The highest BCUT2D eigenvalue weighted by atomic mass is 16.5. The van der Waals surface area contributed by atoms with Crippen LogP contribution in [0.5, 0.6) is 0 Å². The van der Waals surface area contributed by atoms with E-state index in [0.29, 0.717) is 0 Å². The third-order valence-electron chi connectivity index (χ3n) is 5.13. The Bertz CT molecular complexity index is 730. The second-order valence-corrected chi connectivity index (χ2v) is 6.90. The van der Waals surface area contributed by atoms with Crippen LogP contribution in [-0.4, -0.2) is 49.3 Å². The normalized spacial score (nSPS) is 16.5. The van der Waals surface area contributed by atoms with E-state index in [-0.39, 0.29) is 18.1 Å². The number of carbonyl (C=O) groups excluding carboxylic acids is 1. The molecule has 144 valence electrons. The van der Waals surface area contributed by atoms with Crippen molar-refractivity contribution in [3.63, 3.8) is 0 Å². The van der Waals surface area contributed by atoms with Crippen molar-refractivity contribution in [3.8, 4) is 0 Å². The molecule has 2 heterocycles. The van der Waals surface area contributed by atoms with Gasteiger partial charge in [0, 0.05) is 32.0 Å². The maximum atomic E-state index is 12.6. The highest BCUT2D eigenvalue weighted by Gasteiger charge is 2.20. The standard InChI is InChI=1S/C21H28N4O2/c1-16(18-7-9-19(10-8-18)25-12-14-27-15-13-25)23-21(26)24(3)17(2)20-6-4-5-11-22-20/h4-11,16-17H,12-15H2,1-3H3,(H,23,26). The Kier molecular flexibility index (Phi) is 6.29. The summed E-state index contributed by atoms with van der Waals surface area (Å²) in [6.07, 6.45) is 1.75. The van der Waals surface area contributed by atoms with Crippen LogP contribution in [-0.2, 0) is 4.74 Å². The first kappa shape index (κ1) is 19.2. The van der Waals surface area contributed by atoms with Gasteiger partial charge in [0.05, 0.1) is 31.0 Å². The molecule has 2 atom stereocenters. The topological polar surface area (TPSA) is 57.7 Å². The van der Waals surface area contributed by atoms with Gasteiger partial charge in [-0.3, -0.25) is 4.98 Å². The van der Waals surface area contributed by atoms with E-state index in [1.807, 2.05) is 32.0 Å². The number of aromatic nitrogens is 1. The minimum Gasteiger partial charge on any atom is -0.378 e. The van der Waals surface area contributed by atoms with Crippen molar-refractivity contribution in [2.24, 2.45) is 0 Å². The lowest BCUT2D eigenvalue weighted by molar-refractivity contribution is 0.122. The number of amides is 2. The molecule has 1 aromatic heterocycles. The number of ether oxygens (including phenoxy) is 1. The average molecular weight is 368 g/mol. The molecule has 1 aromatic carbocycles. The lowest BCUT2D eigenvalue weighted by Gasteiger charge is -2.29. The molecule has 2 unspecified atom stereocenters. The lowest BCUT2D eigenvalue weighted by Crippen LogP contribution is -2.40. The molecule has 0 saturated carbocycles. The zero-order valence-corrected chi connectivity index (χ0v) is 16.3. The molecule has 6 heteroatoms. The van der Waals surface area contributed by atoms with Gasteiger partial charge < -0.3 is 19.9 Å². The van der Waals surface area contributed by atoms with Crippen LogP contribution in [0.25, 0.3) is 0 Å². The predicted octanol–water partition coefficient (Wildman–Crippen LogP) is 3.38. The van der Waals surface area contributed by atoms with Gasteiger partial charge in [0.1, 0.15) is 0 Å². The number of rotatable bonds is 5. The van der Waals surface area contributed by atoms with Crippen LogP contribution in [0, 0.1) is 0 Å². The Balaban J connectivity index is 1.59. The highest BCUT2D eigenvalue weighted by molar-refractivity contribution is 5.75. The lowest BCUT2D eigenvalue weighted by atomic mass is 10.1. The molecular weight excluding hydrogens is 340 g/mol. The maximum absolute atomic E-state index is 12.6. The zero-order valence-electron chi connectivity index (χ0n) is 16.3. The Morgan fingerprint density at radius 3 is 2.48 bits per heavy atom. The van der Waals surface area contributed by atoms with E-state index >= 15 is 0 Å². The van der Waals surface area contributed by atoms with Crippen molar-refractivity contribution in [2.75, 3.05) is 38.3 Å². The van der Waals surface area contributed by atoms with Crippen molar-refractivity contribution >= 4 is 11.7 Å². The fraction of sp³-hybridized carbons (Fsp3) is 0.429. The molecule has 1 N–H and O–H groups in total. The van der Waals surface area contributed by atoms with E-state index in [0.717, 1.165) is 37.6 Å². The Morgan fingerprint density at radius 1 is 1.15 bits per heavy atom. The Morgan fingerprint density at radius 2 is 1.85 bits per heavy atom. The summed E-state index contributed by atoms with van der Waals surface area (Å²) in [4.78, 5) is 21.0. The molecule has 27 heavy (non-hydrogen) atoms. The van der Waals surface area contributed by atoms with E-state index < -0.39 is 0 Å². The van der Waals surface area contributed by atoms with Gasteiger partial charge in [0.15, 0.2) is 0 Å². The summed E-state index contributed by atoms with van der Waals surface area (Å²) < 4.78 is 5.40. The van der Waals surface area contributed by atoms with Crippen molar-refractivity contribution in [1.82, 2.24) is 15.2 Å². The van der Waals surface area contributed by atoms with E-state index in [9.17, 15) is 4.79 Å². The summed E-state index contributed by atoms with van der Waals surface area (Å²) in [5, 5.41) is 3.07. The van der Waals surface area contributed by atoms with Crippen LogP contribution < -0.4 is 10.2 Å². The molecule has 0 spiro atoms. The number of nitrogens with one attached hydrogen (secondary N) is 1. The highest BCUT2D eigenvalue weighted by Crippen LogP contribution is 2.21. The molecule has 2 amide bonds. The van der Waals surface area contributed by atoms with E-state index in [1.54, 1.807) is 18.1 Å². The van der Waals surface area contributed by atoms with Crippen LogP contribution >= 0.6 is 0 Å². The van der Waals surface area contributed by atoms with Gasteiger partial charge in [-0.15, -0.1) is 0 Å². The number of nitrogens with zero attached hydrogens (tertiary/aromatic N) is 3. The van der Waals surface area contributed by atoms with Gasteiger partial charge in [-0.2, -0.15) is 0 Å². The summed E-state index contributed by atoms with van der Waals surface area (Å²) in [7, 11) is 1.79. The van der Waals surface area contributed by atoms with Crippen molar-refractivity contribution in [3.05, 3.63) is 59.9 Å². The maximum Gasteiger partial charge on any atom is 0.318 e. The molecule has 1 aliphatic rings. The van der Waals surface area contributed by atoms with Crippen LogP contribution in [0.3, 0.4) is 0 Å². The molecular formula is C21H28N4O2. The monoisotopic (exact) mass is 368 g/mol. The third kappa shape index (κ3) is 4.77. The molecule has 1 saturated heterocycles. The van der Waals surface area contributed by atoms with Gasteiger partial charge >= 0.3 is 6.03 Å². The molecule has 0 aliphatic carbocycles. The van der Waals surface area contributed by atoms with Gasteiger partial charge in [-0.05, 0) is 43.7 Å². The summed E-state index contributed by atoms with van der Waals surface area (Å²) in [6, 6.07) is 13.8. The second-order valence-electron chi connectivity index (χ2n) is 6.90. The number of hydrogen-bond acceptors (Lipinski definition) is 4. The number of benzene rings is 1. The van der Waals surface area contributed by atoms with E-state index in [1.165, 1.54) is 5.69 Å². The number of anilines is 1. The molecule has 2 aromatic rings. The van der Waals surface area contributed by atoms with Crippen LogP contribution in [0.2, 0.25) is 0 Å². The largest absolute Gasteiger partial charge is 0.378 e. The fourth-order valence-electron chi connectivity index (χ4n) is 3.16. The Hall–Kier alpha value is -2.60. The van der Waals surface area contributed by atoms with Gasteiger partial charge in [0.2, 0.25) is 0 Å². The third-order valence-corrected chi connectivity index (χ3v) is 5.13. The minimum absolute atomic E-state index is 0.0744. The summed E-state index contributed by atoms with van der Waals surface area (Å²) in [5.41, 5.74) is 3.15. The van der Waals surface area contributed by atoms with Crippen LogP contribution in [0.1, 0.15) is 37.2 Å². The van der Waals surface area contributed by atoms with Crippen molar-refractivity contribution in [1.29, 1.82) is 0 Å². The Labute approximate surface area is 161 Å². The fourth-order valence-corrected chi connectivity index (χ4v) is 3.16. The smallest absolute Gasteiger partial charge is 0.318 e. The number of hydrogen-bond donors (Lipinski definition) is 1. The number of urea groups is 1. The van der Waals surface area contributed by atoms with Crippen molar-refractivity contribution < 1.29 is 9.53 Å². The molecule has 1 fully saturated rings. The van der Waals surface area contributed by atoms with Gasteiger partial charge in [0.25, 0.3) is 0 Å². The summed E-state index contributed by atoms with van der Waals surface area (Å²) >= 11 is 0. The van der Waals surface area contributed by atoms with Gasteiger partial charge in [-0.25, -0.2) is 4.79 Å². The number of carbonyl (C=O) groups is 1. The number of morpholine rings is 1. The first-order valence-corrected chi connectivity index (χ1v) is 9.43.